The molecule has 0 saturated carbocycles. The number of furan rings is 1. The van der Waals surface area contributed by atoms with E-state index in [0.717, 1.165) is 11.1 Å². The maximum atomic E-state index is 12.4. The molecule has 2 aromatic rings. The predicted molar refractivity (Wildman–Crippen MR) is 76.6 cm³/mol. The Hall–Kier alpha value is -1.63. The van der Waals surface area contributed by atoms with Crippen molar-refractivity contribution in [1.82, 2.24) is 9.62 Å². The maximum absolute atomic E-state index is 12.4. The number of benzene rings is 1. The van der Waals surface area contributed by atoms with Gasteiger partial charge in [-0.25, -0.2) is 8.42 Å². The molecular formula is C14H18N2O3S. The first-order valence-electron chi connectivity index (χ1n) is 6.25. The van der Waals surface area contributed by atoms with Gasteiger partial charge in [0.05, 0.1) is 17.4 Å². The van der Waals surface area contributed by atoms with E-state index in [0.29, 0.717) is 11.4 Å². The third-order valence-electron chi connectivity index (χ3n) is 3.00. The summed E-state index contributed by atoms with van der Waals surface area (Å²) in [5.74, 6) is 0. The second-order valence-electron chi connectivity index (χ2n) is 4.57. The molecule has 6 heteroatoms. The second-order valence-corrected chi connectivity index (χ2v) is 6.61. The molecule has 20 heavy (non-hydrogen) atoms. The summed E-state index contributed by atoms with van der Waals surface area (Å²) in [5, 5.41) is 3.02. The zero-order valence-electron chi connectivity index (χ0n) is 11.5. The molecule has 0 aliphatic rings. The molecule has 0 radical (unpaired) electrons. The Morgan fingerprint density at radius 3 is 2.40 bits per heavy atom. The fraction of sp³-hybridized carbons (Fsp3) is 0.286. The van der Waals surface area contributed by atoms with E-state index in [2.05, 4.69) is 5.32 Å². The first-order valence-corrected chi connectivity index (χ1v) is 7.69. The van der Waals surface area contributed by atoms with E-state index < -0.39 is 10.0 Å². The van der Waals surface area contributed by atoms with E-state index >= 15 is 0 Å². The molecule has 0 bridgehead atoms. The van der Waals surface area contributed by atoms with Gasteiger partial charge in [0.2, 0.25) is 10.0 Å². The maximum Gasteiger partial charge on any atom is 0.243 e. The van der Waals surface area contributed by atoms with Crippen LogP contribution in [-0.4, -0.2) is 26.8 Å². The smallest absolute Gasteiger partial charge is 0.243 e. The van der Waals surface area contributed by atoms with Crippen molar-refractivity contribution >= 4 is 10.0 Å². The van der Waals surface area contributed by atoms with Gasteiger partial charge in [-0.1, -0.05) is 12.1 Å². The van der Waals surface area contributed by atoms with Crippen molar-refractivity contribution in [2.45, 2.75) is 18.0 Å². The number of rotatable bonds is 6. The van der Waals surface area contributed by atoms with Gasteiger partial charge in [0.15, 0.2) is 0 Å². The van der Waals surface area contributed by atoms with Crippen LogP contribution in [0.3, 0.4) is 0 Å². The standard InChI is InChI=1S/C14H18N2O3S/c1-15-9-12-3-5-14(6-4-12)20(17,18)16(2)10-13-7-8-19-11-13/h3-8,11,15H,9-10H2,1-2H3. The summed E-state index contributed by atoms with van der Waals surface area (Å²) in [6.45, 7) is 1.00. The van der Waals surface area contributed by atoms with Crippen LogP contribution in [0.4, 0.5) is 0 Å². The molecule has 0 atom stereocenters. The van der Waals surface area contributed by atoms with Crippen LogP contribution in [0.15, 0.2) is 52.2 Å². The average Bonchev–Trinajstić information content (AvgIpc) is 2.92. The Morgan fingerprint density at radius 2 is 1.85 bits per heavy atom. The van der Waals surface area contributed by atoms with Crippen molar-refractivity contribution in [2.75, 3.05) is 14.1 Å². The van der Waals surface area contributed by atoms with Crippen molar-refractivity contribution in [3.05, 3.63) is 54.0 Å². The third kappa shape index (κ3) is 3.27. The zero-order valence-corrected chi connectivity index (χ0v) is 12.4. The third-order valence-corrected chi connectivity index (χ3v) is 4.82. The van der Waals surface area contributed by atoms with Crippen LogP contribution in [0.5, 0.6) is 0 Å². The molecule has 0 fully saturated rings. The Labute approximate surface area is 119 Å². The van der Waals surface area contributed by atoms with E-state index in [1.54, 1.807) is 31.5 Å². The lowest BCUT2D eigenvalue weighted by Crippen LogP contribution is -2.26. The lowest BCUT2D eigenvalue weighted by atomic mass is 10.2. The van der Waals surface area contributed by atoms with Gasteiger partial charge >= 0.3 is 0 Å². The van der Waals surface area contributed by atoms with Gasteiger partial charge in [-0.15, -0.1) is 0 Å². The molecule has 1 aromatic heterocycles. The number of nitrogens with one attached hydrogen (secondary N) is 1. The van der Waals surface area contributed by atoms with Gasteiger partial charge in [-0.3, -0.25) is 0 Å². The molecule has 108 valence electrons. The minimum atomic E-state index is -3.48. The predicted octanol–water partition coefficient (Wildman–Crippen LogP) is 1.82. The van der Waals surface area contributed by atoms with Gasteiger partial charge in [0.25, 0.3) is 0 Å². The Kier molecular flexibility index (Phi) is 4.59. The average molecular weight is 294 g/mol. The number of hydrogen-bond donors (Lipinski definition) is 1. The first kappa shape index (κ1) is 14.8. The van der Waals surface area contributed by atoms with E-state index in [9.17, 15) is 8.42 Å². The quantitative estimate of drug-likeness (QED) is 0.882. The summed E-state index contributed by atoms with van der Waals surface area (Å²) < 4.78 is 31.1. The molecular weight excluding hydrogens is 276 g/mol. The topological polar surface area (TPSA) is 62.6 Å². The van der Waals surface area contributed by atoms with Crippen molar-refractivity contribution in [2.24, 2.45) is 0 Å². The minimum absolute atomic E-state index is 0.289. The van der Waals surface area contributed by atoms with E-state index in [-0.39, 0.29) is 6.54 Å². The van der Waals surface area contributed by atoms with E-state index in [1.165, 1.54) is 10.6 Å². The molecule has 1 heterocycles. The van der Waals surface area contributed by atoms with Crippen LogP contribution in [0.2, 0.25) is 0 Å². The Bertz CT molecular complexity index is 634. The highest BCUT2D eigenvalue weighted by molar-refractivity contribution is 7.89. The molecule has 2 rings (SSSR count). The highest BCUT2D eigenvalue weighted by Gasteiger charge is 2.20. The van der Waals surface area contributed by atoms with Crippen LogP contribution >= 0.6 is 0 Å². The van der Waals surface area contributed by atoms with E-state index in [1.807, 2.05) is 19.2 Å². The SMILES string of the molecule is CNCc1ccc(S(=O)(=O)N(C)Cc2ccoc2)cc1. The molecule has 0 spiro atoms. The first-order chi connectivity index (χ1) is 9.54. The number of nitrogens with zero attached hydrogens (tertiary/aromatic N) is 1. The van der Waals surface area contributed by atoms with Gasteiger partial charge in [0.1, 0.15) is 0 Å². The molecule has 0 unspecified atom stereocenters. The van der Waals surface area contributed by atoms with Crippen LogP contribution in [-0.2, 0) is 23.1 Å². The van der Waals surface area contributed by atoms with Crippen LogP contribution in [0.1, 0.15) is 11.1 Å². The molecule has 0 aliphatic heterocycles. The molecule has 0 aliphatic carbocycles. The number of hydrogen-bond acceptors (Lipinski definition) is 4. The van der Waals surface area contributed by atoms with Gasteiger partial charge in [0, 0.05) is 25.7 Å². The fourth-order valence-corrected chi connectivity index (χ4v) is 3.05. The summed E-state index contributed by atoms with van der Waals surface area (Å²) in [4.78, 5) is 0.295. The fourth-order valence-electron chi connectivity index (χ4n) is 1.89. The van der Waals surface area contributed by atoms with Crippen molar-refractivity contribution in [3.63, 3.8) is 0 Å². The Morgan fingerprint density at radius 1 is 1.15 bits per heavy atom. The summed E-state index contributed by atoms with van der Waals surface area (Å²) in [6.07, 6.45) is 3.07. The molecule has 1 N–H and O–H groups in total. The zero-order chi connectivity index (χ0) is 14.6. The minimum Gasteiger partial charge on any atom is -0.472 e. The van der Waals surface area contributed by atoms with Crippen molar-refractivity contribution in [1.29, 1.82) is 0 Å². The second kappa shape index (κ2) is 6.21. The van der Waals surface area contributed by atoms with E-state index in [4.69, 9.17) is 4.42 Å². The molecule has 0 saturated heterocycles. The van der Waals surface area contributed by atoms with Crippen molar-refractivity contribution in [3.8, 4) is 0 Å². The molecule has 1 aromatic carbocycles. The monoisotopic (exact) mass is 294 g/mol. The molecule has 0 amide bonds. The summed E-state index contributed by atoms with van der Waals surface area (Å²) >= 11 is 0. The van der Waals surface area contributed by atoms with Crippen molar-refractivity contribution < 1.29 is 12.8 Å². The summed E-state index contributed by atoms with van der Waals surface area (Å²) in [6, 6.07) is 8.65. The van der Waals surface area contributed by atoms with Crippen LogP contribution < -0.4 is 5.32 Å². The van der Waals surface area contributed by atoms with Crippen LogP contribution in [0.25, 0.3) is 0 Å². The summed E-state index contributed by atoms with van der Waals surface area (Å²) in [5.41, 5.74) is 1.87. The lowest BCUT2D eigenvalue weighted by Gasteiger charge is -2.16. The molecule has 5 nitrogen and oxygen atoms in total. The summed E-state index contributed by atoms with van der Waals surface area (Å²) in [7, 11) is -0.0656. The van der Waals surface area contributed by atoms with Gasteiger partial charge in [-0.2, -0.15) is 4.31 Å². The Balaban J connectivity index is 2.16. The van der Waals surface area contributed by atoms with Gasteiger partial charge in [-0.05, 0) is 30.8 Å². The lowest BCUT2D eigenvalue weighted by molar-refractivity contribution is 0.463. The highest BCUT2D eigenvalue weighted by Crippen LogP contribution is 2.17. The normalized spacial score (nSPS) is 11.9. The van der Waals surface area contributed by atoms with Gasteiger partial charge < -0.3 is 9.73 Å². The number of sulfonamides is 1. The van der Waals surface area contributed by atoms with Crippen LogP contribution in [0, 0.1) is 0 Å². The highest BCUT2D eigenvalue weighted by atomic mass is 32.2. The largest absolute Gasteiger partial charge is 0.472 e.